The highest BCUT2D eigenvalue weighted by molar-refractivity contribution is 5.96. The van der Waals surface area contributed by atoms with Crippen LogP contribution in [0.4, 0.5) is 5.69 Å². The molecule has 1 amide bonds. The second-order valence-electron chi connectivity index (χ2n) is 6.41. The number of carbonyl (C=O) groups is 1. The minimum atomic E-state index is -0.156. The molecule has 0 saturated carbocycles. The van der Waals surface area contributed by atoms with Crippen molar-refractivity contribution < 1.29 is 4.79 Å². The van der Waals surface area contributed by atoms with Gasteiger partial charge in [0, 0.05) is 19.5 Å². The summed E-state index contributed by atoms with van der Waals surface area (Å²) in [7, 11) is 1.77. The van der Waals surface area contributed by atoms with Gasteiger partial charge in [-0.05, 0) is 5.41 Å². The Labute approximate surface area is 115 Å². The van der Waals surface area contributed by atoms with Crippen molar-refractivity contribution in [3.8, 4) is 0 Å². The van der Waals surface area contributed by atoms with Crippen LogP contribution >= 0.6 is 0 Å². The Hall–Kier alpha value is -1.65. The van der Waals surface area contributed by atoms with Gasteiger partial charge in [-0.3, -0.25) is 4.79 Å². The Balaban J connectivity index is 3.02. The third-order valence-electron chi connectivity index (χ3n) is 2.61. The first kappa shape index (κ1) is 15.4. The second-order valence-corrected chi connectivity index (χ2v) is 6.41. The van der Waals surface area contributed by atoms with E-state index in [9.17, 15) is 4.79 Å². The molecule has 106 valence electrons. The summed E-state index contributed by atoms with van der Waals surface area (Å²) >= 11 is 0. The number of nitrogens with two attached hydrogens (primary N) is 1. The first-order valence-electron chi connectivity index (χ1n) is 6.49. The molecule has 0 spiro atoms. The van der Waals surface area contributed by atoms with Crippen LogP contribution in [0, 0.1) is 5.41 Å². The van der Waals surface area contributed by atoms with Gasteiger partial charge in [-0.15, -0.1) is 0 Å². The third-order valence-corrected chi connectivity index (χ3v) is 2.61. The van der Waals surface area contributed by atoms with Crippen LogP contribution in [0.25, 0.3) is 0 Å². The van der Waals surface area contributed by atoms with Gasteiger partial charge in [-0.1, -0.05) is 34.6 Å². The molecule has 5 heteroatoms. The molecule has 2 N–H and O–H groups in total. The van der Waals surface area contributed by atoms with Gasteiger partial charge in [-0.2, -0.15) is 0 Å². The Morgan fingerprint density at radius 2 is 2.00 bits per heavy atom. The van der Waals surface area contributed by atoms with E-state index >= 15 is 0 Å². The lowest BCUT2D eigenvalue weighted by Gasteiger charge is -2.26. The lowest BCUT2D eigenvalue weighted by molar-refractivity contribution is 0.0740. The fraction of sp³-hybridized carbons (Fsp3) is 0.643. The summed E-state index contributed by atoms with van der Waals surface area (Å²) in [5.41, 5.74) is 6.48. The molecular formula is C14H24N4O. The smallest absolute Gasteiger partial charge is 0.274 e. The number of rotatable bonds is 3. The zero-order valence-electron chi connectivity index (χ0n) is 12.7. The highest BCUT2D eigenvalue weighted by Gasteiger charge is 2.22. The number of carbonyl (C=O) groups excluding carboxylic acids is 1. The normalized spacial score (nSPS) is 11.7. The molecule has 5 nitrogen and oxygen atoms in total. The Bertz CT molecular complexity index is 463. The fourth-order valence-corrected chi connectivity index (χ4v) is 1.82. The maximum absolute atomic E-state index is 12.4. The van der Waals surface area contributed by atoms with Crippen LogP contribution in [0.15, 0.2) is 6.20 Å². The predicted octanol–water partition coefficient (Wildman–Crippen LogP) is 2.30. The molecule has 1 heterocycles. The molecule has 0 fully saturated rings. The van der Waals surface area contributed by atoms with Crippen LogP contribution in [-0.2, 0) is 0 Å². The quantitative estimate of drug-likeness (QED) is 0.909. The van der Waals surface area contributed by atoms with E-state index in [0.29, 0.717) is 23.8 Å². The van der Waals surface area contributed by atoms with Crippen LogP contribution in [0.1, 0.15) is 56.8 Å². The minimum Gasteiger partial charge on any atom is -0.396 e. The molecule has 1 rings (SSSR count). The second kappa shape index (κ2) is 5.55. The molecule has 1 aromatic heterocycles. The van der Waals surface area contributed by atoms with E-state index in [2.05, 4.69) is 30.7 Å². The first-order valence-corrected chi connectivity index (χ1v) is 6.49. The minimum absolute atomic E-state index is 0.0348. The summed E-state index contributed by atoms with van der Waals surface area (Å²) in [6.07, 6.45) is 1.51. The van der Waals surface area contributed by atoms with Gasteiger partial charge in [0.05, 0.1) is 11.9 Å². The monoisotopic (exact) mass is 264 g/mol. The van der Waals surface area contributed by atoms with Crippen molar-refractivity contribution in [2.75, 3.05) is 19.3 Å². The van der Waals surface area contributed by atoms with Crippen LogP contribution < -0.4 is 5.73 Å². The summed E-state index contributed by atoms with van der Waals surface area (Å²) in [6, 6.07) is 0. The van der Waals surface area contributed by atoms with E-state index in [4.69, 9.17) is 5.73 Å². The van der Waals surface area contributed by atoms with Crippen molar-refractivity contribution in [1.29, 1.82) is 0 Å². The van der Waals surface area contributed by atoms with Gasteiger partial charge in [0.2, 0.25) is 0 Å². The predicted molar refractivity (Wildman–Crippen MR) is 76.9 cm³/mol. The zero-order valence-corrected chi connectivity index (χ0v) is 12.7. The summed E-state index contributed by atoms with van der Waals surface area (Å²) in [6.45, 7) is 10.9. The van der Waals surface area contributed by atoms with Crippen molar-refractivity contribution >= 4 is 11.6 Å². The Kier molecular flexibility index (Phi) is 4.50. The molecule has 0 bridgehead atoms. The summed E-state index contributed by atoms with van der Waals surface area (Å²) in [5, 5.41) is 0. The van der Waals surface area contributed by atoms with Gasteiger partial charge >= 0.3 is 0 Å². The molecule has 0 aliphatic carbocycles. The van der Waals surface area contributed by atoms with Gasteiger partial charge in [0.25, 0.3) is 5.91 Å². The molecule has 0 aromatic carbocycles. The first-order chi connectivity index (χ1) is 8.61. The molecule has 0 aliphatic rings. The number of nitrogens with zero attached hydrogens (tertiary/aromatic N) is 3. The van der Waals surface area contributed by atoms with E-state index in [-0.39, 0.29) is 17.2 Å². The van der Waals surface area contributed by atoms with E-state index in [1.54, 1.807) is 11.9 Å². The van der Waals surface area contributed by atoms with Crippen molar-refractivity contribution in [2.45, 2.75) is 40.5 Å². The number of hydrogen-bond donors (Lipinski definition) is 1. The molecule has 0 unspecified atom stereocenters. The SMILES string of the molecule is CC(C)c1ncc(N)c(C(=O)N(C)CC(C)(C)C)n1. The highest BCUT2D eigenvalue weighted by Crippen LogP contribution is 2.18. The lowest BCUT2D eigenvalue weighted by atomic mass is 9.96. The number of aromatic nitrogens is 2. The third kappa shape index (κ3) is 4.19. The zero-order chi connectivity index (χ0) is 14.8. The fourth-order valence-electron chi connectivity index (χ4n) is 1.82. The number of anilines is 1. The number of amides is 1. The molecular weight excluding hydrogens is 240 g/mol. The maximum atomic E-state index is 12.4. The van der Waals surface area contributed by atoms with E-state index in [1.807, 2.05) is 13.8 Å². The van der Waals surface area contributed by atoms with Crippen LogP contribution in [0.3, 0.4) is 0 Å². The van der Waals surface area contributed by atoms with Gasteiger partial charge < -0.3 is 10.6 Å². The van der Waals surface area contributed by atoms with Crippen molar-refractivity contribution in [3.05, 3.63) is 17.7 Å². The van der Waals surface area contributed by atoms with Crippen molar-refractivity contribution in [3.63, 3.8) is 0 Å². The topological polar surface area (TPSA) is 72.1 Å². The van der Waals surface area contributed by atoms with E-state index < -0.39 is 0 Å². The summed E-state index contributed by atoms with van der Waals surface area (Å²) < 4.78 is 0. The molecule has 0 saturated heterocycles. The largest absolute Gasteiger partial charge is 0.396 e. The highest BCUT2D eigenvalue weighted by atomic mass is 16.2. The van der Waals surface area contributed by atoms with E-state index in [0.717, 1.165) is 0 Å². The van der Waals surface area contributed by atoms with Crippen LogP contribution in [0.5, 0.6) is 0 Å². The van der Waals surface area contributed by atoms with Crippen molar-refractivity contribution in [2.24, 2.45) is 5.41 Å². The lowest BCUT2D eigenvalue weighted by Crippen LogP contribution is -2.35. The average molecular weight is 264 g/mol. The molecule has 0 radical (unpaired) electrons. The van der Waals surface area contributed by atoms with Crippen LogP contribution in [0.2, 0.25) is 0 Å². The standard InChI is InChI=1S/C14H24N4O/c1-9(2)12-16-7-10(15)11(17-12)13(19)18(6)8-14(3,4)5/h7,9H,8,15H2,1-6H3. The molecule has 19 heavy (non-hydrogen) atoms. The molecule has 1 aromatic rings. The average Bonchev–Trinajstić information content (AvgIpc) is 2.26. The summed E-state index contributed by atoms with van der Waals surface area (Å²) in [4.78, 5) is 22.5. The van der Waals surface area contributed by atoms with E-state index in [1.165, 1.54) is 6.20 Å². The molecule has 0 atom stereocenters. The van der Waals surface area contributed by atoms with Gasteiger partial charge in [0.1, 0.15) is 5.82 Å². The van der Waals surface area contributed by atoms with Gasteiger partial charge in [-0.25, -0.2) is 9.97 Å². The molecule has 0 aliphatic heterocycles. The van der Waals surface area contributed by atoms with Crippen LogP contribution in [-0.4, -0.2) is 34.4 Å². The summed E-state index contributed by atoms with van der Waals surface area (Å²) in [5.74, 6) is 0.651. The number of hydrogen-bond acceptors (Lipinski definition) is 4. The Morgan fingerprint density at radius 1 is 1.42 bits per heavy atom. The van der Waals surface area contributed by atoms with Crippen molar-refractivity contribution in [1.82, 2.24) is 14.9 Å². The maximum Gasteiger partial charge on any atom is 0.274 e. The Morgan fingerprint density at radius 3 is 2.47 bits per heavy atom. The van der Waals surface area contributed by atoms with Gasteiger partial charge in [0.15, 0.2) is 5.69 Å². The number of nitrogen functional groups attached to an aromatic ring is 1.